The summed E-state index contributed by atoms with van der Waals surface area (Å²) in [7, 11) is 5.72. The highest BCUT2D eigenvalue weighted by Gasteiger charge is 2.37. The molecule has 0 aromatic heterocycles. The van der Waals surface area contributed by atoms with Gasteiger partial charge in [0.1, 0.15) is 12.2 Å². The van der Waals surface area contributed by atoms with E-state index in [1.165, 1.54) is 66.6 Å². The van der Waals surface area contributed by atoms with Gasteiger partial charge >= 0.3 is 12.2 Å². The summed E-state index contributed by atoms with van der Waals surface area (Å²) >= 11 is 0. The monoisotopic (exact) mass is 1300 g/mol. The predicted molar refractivity (Wildman–Crippen MR) is 353 cm³/mol. The van der Waals surface area contributed by atoms with Gasteiger partial charge in [-0.05, 0) is 109 Å². The molecule has 512 valence electrons. The number of aliphatic hydroxyl groups excluding tert-OH is 2. The number of nitrogens with two attached hydrogens (primary N) is 2. The highest BCUT2D eigenvalue weighted by molar-refractivity contribution is 6.24. The van der Waals surface area contributed by atoms with Crippen LogP contribution < -0.4 is 32.7 Å². The number of ketones is 5. The van der Waals surface area contributed by atoms with Crippen LogP contribution in [0.5, 0.6) is 0 Å². The summed E-state index contributed by atoms with van der Waals surface area (Å²) in [5, 5.41) is 35.0. The molecule has 4 amide bonds. The minimum Gasteiger partial charge on any atom is -0.439 e. The number of hydrogen-bond acceptors (Lipinski definition) is 19. The molecule has 0 saturated heterocycles. The zero-order chi connectivity index (χ0) is 69.7. The third-order valence-corrected chi connectivity index (χ3v) is 17.4. The number of hydrogen-bond donors (Lipinski definition) is 8. The Kier molecular flexibility index (Phi) is 29.7. The second kappa shape index (κ2) is 36.5. The Morgan fingerprint density at radius 3 is 1.32 bits per heavy atom. The summed E-state index contributed by atoms with van der Waals surface area (Å²) in [5.41, 5.74) is 13.5. The van der Waals surface area contributed by atoms with Crippen molar-refractivity contribution in [3.63, 3.8) is 0 Å². The molecule has 0 saturated carbocycles. The molecule has 0 fully saturated rings. The molecule has 2 aliphatic carbocycles. The number of rotatable bonds is 18. The molecule has 23 heteroatoms. The lowest BCUT2D eigenvalue weighted by molar-refractivity contribution is -0.120. The molecule has 10 N–H and O–H groups in total. The minimum atomic E-state index is -1.09. The molecule has 1 unspecified atom stereocenters. The third-order valence-electron chi connectivity index (χ3n) is 17.4. The number of aliphatic hydroxyl groups is 2. The largest absolute Gasteiger partial charge is 0.439 e. The Morgan fingerprint density at radius 1 is 0.585 bits per heavy atom. The molecule has 94 heavy (non-hydrogen) atoms. The van der Waals surface area contributed by atoms with Gasteiger partial charge in [-0.1, -0.05) is 106 Å². The Labute approximate surface area is 551 Å². The van der Waals surface area contributed by atoms with Crippen LogP contribution in [0.1, 0.15) is 123 Å². The normalized spacial score (nSPS) is 30.1. The second-order valence-corrected chi connectivity index (χ2v) is 24.9. The van der Waals surface area contributed by atoms with Crippen molar-refractivity contribution in [2.75, 3.05) is 41.5 Å². The Hall–Kier alpha value is -8.19. The lowest BCUT2D eigenvalue weighted by Gasteiger charge is -2.30. The first-order valence-corrected chi connectivity index (χ1v) is 31.8. The fourth-order valence-corrected chi connectivity index (χ4v) is 12.0. The van der Waals surface area contributed by atoms with E-state index in [-0.39, 0.29) is 101 Å². The van der Waals surface area contributed by atoms with Crippen LogP contribution >= 0.6 is 0 Å². The maximum absolute atomic E-state index is 14.5. The molecule has 2 heterocycles. The molecule has 1 aromatic rings. The number of benzene rings is 1. The topological polar surface area (TPSA) is 350 Å². The summed E-state index contributed by atoms with van der Waals surface area (Å²) in [6, 6.07) is 7.21. The molecule has 5 rings (SSSR count). The summed E-state index contributed by atoms with van der Waals surface area (Å²) in [5.74, 6) is -6.23. The van der Waals surface area contributed by atoms with Crippen LogP contribution in [0.3, 0.4) is 0 Å². The number of methoxy groups -OCH3 is 4. The van der Waals surface area contributed by atoms with Gasteiger partial charge in [0.05, 0.1) is 47.2 Å². The summed E-state index contributed by atoms with van der Waals surface area (Å²) in [6.45, 7) is 15.9. The Bertz CT molecular complexity index is 3110. The first-order chi connectivity index (χ1) is 44.5. The van der Waals surface area contributed by atoms with Gasteiger partial charge < -0.3 is 71.4 Å². The van der Waals surface area contributed by atoms with Crippen LogP contribution in [0.4, 0.5) is 9.59 Å². The number of allylic oxidation sites excluding steroid dienone is 8. The average Bonchev–Trinajstić information content (AvgIpc) is 0.852. The number of Topliss-reactive ketones (excluding diaryl/α,β-unsaturated/α-hetero) is 3. The van der Waals surface area contributed by atoms with Gasteiger partial charge in [-0.2, -0.15) is 0 Å². The van der Waals surface area contributed by atoms with Gasteiger partial charge in [0.25, 0.3) is 11.8 Å². The summed E-state index contributed by atoms with van der Waals surface area (Å²) < 4.78 is 33.9. The van der Waals surface area contributed by atoms with E-state index in [0.29, 0.717) is 42.4 Å². The zero-order valence-corrected chi connectivity index (χ0v) is 56.3. The average molecular weight is 1310 g/mol. The van der Waals surface area contributed by atoms with Gasteiger partial charge in [-0.15, -0.1) is 0 Å². The second-order valence-electron chi connectivity index (χ2n) is 24.9. The van der Waals surface area contributed by atoms with Crippen LogP contribution in [0.25, 0.3) is 0 Å². The fourth-order valence-electron chi connectivity index (χ4n) is 12.0. The first kappa shape index (κ1) is 76.5. The highest BCUT2D eigenvalue weighted by Crippen LogP contribution is 2.32. The van der Waals surface area contributed by atoms with E-state index in [2.05, 4.69) is 21.3 Å². The molecule has 23 nitrogen and oxygen atoms in total. The number of aryl methyl sites for hydroxylation is 1. The Morgan fingerprint density at radius 2 is 0.968 bits per heavy atom. The van der Waals surface area contributed by atoms with Crippen LogP contribution in [0.15, 0.2) is 141 Å². The summed E-state index contributed by atoms with van der Waals surface area (Å²) in [4.78, 5) is 123. The lowest BCUT2D eigenvalue weighted by atomic mass is 9.85. The van der Waals surface area contributed by atoms with E-state index in [9.17, 15) is 53.4 Å². The predicted octanol–water partition coefficient (Wildman–Crippen LogP) is 7.08. The van der Waals surface area contributed by atoms with Crippen molar-refractivity contribution in [2.45, 2.75) is 163 Å². The molecule has 0 spiro atoms. The van der Waals surface area contributed by atoms with Crippen molar-refractivity contribution in [1.29, 1.82) is 0 Å². The maximum Gasteiger partial charge on any atom is 0.405 e. The fraction of sp³-hybridized carbons (Fsp3) is 0.507. The van der Waals surface area contributed by atoms with Gasteiger partial charge in [-0.3, -0.25) is 33.6 Å². The van der Waals surface area contributed by atoms with E-state index in [1.807, 2.05) is 32.9 Å². The van der Waals surface area contributed by atoms with Crippen LogP contribution in [0, 0.1) is 36.5 Å². The molecular formula is C71H96N6O17. The first-order valence-electron chi connectivity index (χ1n) is 31.8. The summed E-state index contributed by atoms with van der Waals surface area (Å²) in [6.07, 6.45) is 7.00. The van der Waals surface area contributed by atoms with Crippen molar-refractivity contribution in [3.8, 4) is 0 Å². The third kappa shape index (κ3) is 21.4. The van der Waals surface area contributed by atoms with E-state index in [0.717, 1.165) is 17.7 Å². The van der Waals surface area contributed by atoms with Gasteiger partial charge in [0, 0.05) is 99.3 Å². The van der Waals surface area contributed by atoms with Crippen molar-refractivity contribution in [2.24, 2.45) is 41.1 Å². The molecule has 13 atom stereocenters. The van der Waals surface area contributed by atoms with E-state index >= 15 is 0 Å². The SMILES string of the molecule is CO[C@H]1/C=C\C=C(/C)C(=O)NC2=CC(=O)C(NCCCC(CCCNC3=C4C[C@H](C)C[C@@H](OC)[C@@H](O)[C@H](C)/C=C(\C)[C@@H](OC(N)=O)[C@H](OC)/C=C\C=C(/C)C(=O)NC(=CC3=O)C4=O)C(=O)c3ccc(C)cc3)=C(C[C@@H](C)C[C@H](OC)[C@H](O)[C@@H](C)/C=C(\C)[C@@H]1OC(N)=O)C2=O. The van der Waals surface area contributed by atoms with Gasteiger partial charge in [0.15, 0.2) is 18.0 Å². The quantitative estimate of drug-likeness (QED) is 0.0315. The molecule has 0 radical (unpaired) electrons. The number of amides is 4. The highest BCUT2D eigenvalue weighted by atomic mass is 16.6. The number of carbonyl (C=O) groups is 9. The zero-order valence-electron chi connectivity index (χ0n) is 56.3. The van der Waals surface area contributed by atoms with E-state index in [4.69, 9.17) is 39.9 Å². The standard InChI is InChI=1S/C71H96N6O17/c1-38-24-26-48(27-25-38)63(82)47(20-16-28-74-59-49-30-39(2)32-57(91-12)61(80)43(6)34-45(8)66(93-70(72)87)55(89-10)22-14-18-41(4)68(85)76-51(64(49)83)36-53(59)78)21-17-29-75-60-50-31-40(3)33-58(92-13)62(81)44(7)35-46(9)67(94-71(73)88)56(90-11)23-15-19-42(5)69(86)77-52(65(50)84)37-54(60)79/h14-15,18-19,22-27,34-37,39-40,43-44,47,55-58,61-62,66-67,74-75,80-81H,16-17,20-21,28-33H2,1-13H3,(H2,72,87)(H2,73,88)(H,76,85)(H,77,86)/b22-14-,23-15-,41-18+,42-19+,45-34+,46-35+/t39-,40+,43+,44-,47?,55+,56-,57+,58-,61-,62+,66+,67-. The molecule has 4 bridgehead atoms. The van der Waals surface area contributed by atoms with Crippen molar-refractivity contribution in [1.82, 2.24) is 21.3 Å². The number of ether oxygens (including phenoxy) is 6. The number of carbonyl (C=O) groups excluding carboxylic acids is 9. The van der Waals surface area contributed by atoms with Crippen LogP contribution in [0.2, 0.25) is 0 Å². The van der Waals surface area contributed by atoms with Crippen LogP contribution in [-0.4, -0.2) is 153 Å². The van der Waals surface area contributed by atoms with Crippen molar-refractivity contribution < 1.29 is 81.8 Å². The van der Waals surface area contributed by atoms with Gasteiger partial charge in [-0.25, -0.2) is 9.59 Å². The van der Waals surface area contributed by atoms with Crippen molar-refractivity contribution in [3.05, 3.63) is 152 Å². The maximum atomic E-state index is 14.5. The van der Waals surface area contributed by atoms with E-state index < -0.39 is 114 Å². The number of primary amides is 2. The molecule has 4 aliphatic rings. The lowest BCUT2D eigenvalue weighted by Crippen LogP contribution is -2.38. The van der Waals surface area contributed by atoms with Crippen LogP contribution in [-0.2, 0) is 57.2 Å². The van der Waals surface area contributed by atoms with Crippen molar-refractivity contribution >= 4 is 52.9 Å². The number of fused-ring (bicyclic) bond motifs is 4. The van der Waals surface area contributed by atoms with E-state index in [1.54, 1.807) is 64.1 Å². The molecule has 1 aromatic carbocycles. The smallest absolute Gasteiger partial charge is 0.405 e. The Balaban J connectivity index is 1.41. The molecular weight excluding hydrogens is 1210 g/mol. The number of nitrogens with one attached hydrogen (secondary N) is 4. The minimum absolute atomic E-state index is 0.0263. The van der Waals surface area contributed by atoms with Gasteiger partial charge in [0.2, 0.25) is 23.1 Å². The molecule has 2 aliphatic heterocycles.